The van der Waals surface area contributed by atoms with Crippen LogP contribution in [0.5, 0.6) is 0 Å². The van der Waals surface area contributed by atoms with E-state index in [0.717, 1.165) is 0 Å². The summed E-state index contributed by atoms with van der Waals surface area (Å²) in [5.74, 6) is 4.56. The molecule has 0 amide bonds. The van der Waals surface area contributed by atoms with Crippen molar-refractivity contribution >= 4 is 33.0 Å². The summed E-state index contributed by atoms with van der Waals surface area (Å²) >= 11 is 0.312. The van der Waals surface area contributed by atoms with Gasteiger partial charge in [0.05, 0.1) is 0 Å². The van der Waals surface area contributed by atoms with Gasteiger partial charge in [-0.05, 0) is 0 Å². The predicted octanol–water partition coefficient (Wildman–Crippen LogP) is -0.665. The van der Waals surface area contributed by atoms with Gasteiger partial charge in [-0.1, -0.05) is 0 Å². The van der Waals surface area contributed by atoms with E-state index in [0.29, 0.717) is 15.4 Å². The van der Waals surface area contributed by atoms with Crippen LogP contribution < -0.4 is 0 Å². The average Bonchev–Trinajstić information content (AvgIpc) is 0.918. The van der Waals surface area contributed by atoms with Gasteiger partial charge in [0.25, 0.3) is 0 Å². The van der Waals surface area contributed by atoms with Gasteiger partial charge in [-0.15, -0.1) is 0 Å². The molecule has 0 nitrogen and oxygen atoms in total. The fourth-order valence-corrected chi connectivity index (χ4v) is 0. The van der Waals surface area contributed by atoms with E-state index >= 15 is 0 Å². The molecule has 0 aromatic rings. The molecule has 0 N–H and O–H groups in total. The van der Waals surface area contributed by atoms with Crippen LogP contribution in [0.3, 0.4) is 0 Å². The zero-order valence-corrected chi connectivity index (χ0v) is 10.2. The second kappa shape index (κ2) is 8.94. The van der Waals surface area contributed by atoms with Crippen molar-refractivity contribution < 1.29 is 0 Å². The molecular weight excluding hydrogens is 169 g/mol. The number of hydrogen-bond donors (Lipinski definition) is 0. The first-order valence-electron chi connectivity index (χ1n) is 1.15. The molecule has 0 saturated carbocycles. The van der Waals surface area contributed by atoms with Crippen molar-refractivity contribution in [1.29, 1.82) is 0 Å². The molecule has 26 valence electrons. The van der Waals surface area contributed by atoms with Crippen LogP contribution in [0.25, 0.3) is 0 Å². The van der Waals surface area contributed by atoms with E-state index in [1.165, 1.54) is 0 Å². The van der Waals surface area contributed by atoms with Gasteiger partial charge in [-0.25, -0.2) is 0 Å². The maximum atomic E-state index is 2.28. The van der Waals surface area contributed by atoms with Crippen LogP contribution >= 0.6 is 0 Å². The molecule has 0 bridgehead atoms. The minimum atomic E-state index is 0. The fraction of sp³-hybridized carbons (Fsp3) is 1.00. The zero-order valence-electron chi connectivity index (χ0n) is 3.58. The third kappa shape index (κ3) is 11.4. The molecule has 0 aromatic heterocycles. The minimum absolute atomic E-state index is 0. The van der Waals surface area contributed by atoms with Gasteiger partial charge < -0.3 is 0 Å². The normalized spacial score (nSPS) is 4.50. The van der Waals surface area contributed by atoms with Gasteiger partial charge in [0.15, 0.2) is 0 Å². The summed E-state index contributed by atoms with van der Waals surface area (Å²) < 4.78 is 0. The van der Waals surface area contributed by atoms with E-state index in [9.17, 15) is 0 Å². The molecule has 0 saturated heterocycles. The molecule has 4 heavy (non-hydrogen) atoms. The standard InChI is InChI=1S/C2H7Ge.GeH3/c1-3-2;/h3H,1-2H3;1H3. The molecule has 0 aliphatic heterocycles. The Labute approximate surface area is 44.8 Å². The third-order valence-corrected chi connectivity index (χ3v) is 0. The first-order valence-corrected chi connectivity index (χ1v) is 6.00. The summed E-state index contributed by atoms with van der Waals surface area (Å²) in [5, 5.41) is 0. The first kappa shape index (κ1) is 8.92. The number of rotatable bonds is 0. The predicted molar refractivity (Wildman–Crippen MR) is 28.8 cm³/mol. The topological polar surface area (TPSA) is 0 Å². The Bertz CT molecular complexity index is 4.00. The van der Waals surface area contributed by atoms with Crippen LogP contribution in [0.2, 0.25) is 11.5 Å². The van der Waals surface area contributed by atoms with Crippen LogP contribution in [0.1, 0.15) is 0 Å². The Morgan fingerprint density at radius 1 is 1.25 bits per heavy atom. The molecule has 0 heterocycles. The quantitative estimate of drug-likeness (QED) is 0.433. The Morgan fingerprint density at radius 2 is 1.25 bits per heavy atom. The summed E-state index contributed by atoms with van der Waals surface area (Å²) in [6.45, 7) is 0. The van der Waals surface area contributed by atoms with Gasteiger partial charge in [0, 0.05) is 0 Å². The van der Waals surface area contributed by atoms with E-state index in [2.05, 4.69) is 11.5 Å². The monoisotopic (exact) mass is 182 g/mol. The second-order valence-electron chi connectivity index (χ2n) is 0.577. The molecular formula is C2H10Ge2. The molecule has 0 rings (SSSR count). The van der Waals surface area contributed by atoms with Crippen LogP contribution in [-0.4, -0.2) is 33.0 Å². The molecule has 0 aliphatic carbocycles. The van der Waals surface area contributed by atoms with Crippen molar-refractivity contribution in [2.75, 3.05) is 0 Å². The maximum absolute atomic E-state index is 2.28. The van der Waals surface area contributed by atoms with E-state index < -0.39 is 0 Å². The van der Waals surface area contributed by atoms with Crippen molar-refractivity contribution in [2.24, 2.45) is 0 Å². The third-order valence-electron chi connectivity index (χ3n) is 0. The molecule has 0 unspecified atom stereocenters. The van der Waals surface area contributed by atoms with Gasteiger partial charge in [-0.2, -0.15) is 0 Å². The number of hydrogen-bond acceptors (Lipinski definition) is 0. The van der Waals surface area contributed by atoms with Gasteiger partial charge in [0.1, 0.15) is 0 Å². The Kier molecular flexibility index (Phi) is 19.9. The molecule has 0 aliphatic rings. The molecule has 0 aromatic carbocycles. The Morgan fingerprint density at radius 3 is 1.25 bits per heavy atom. The summed E-state index contributed by atoms with van der Waals surface area (Å²) in [4.78, 5) is 0. The van der Waals surface area contributed by atoms with Gasteiger partial charge in [0.2, 0.25) is 0 Å². The Balaban J connectivity index is 0. The van der Waals surface area contributed by atoms with E-state index in [1.807, 2.05) is 0 Å². The van der Waals surface area contributed by atoms with E-state index in [1.54, 1.807) is 0 Å². The summed E-state index contributed by atoms with van der Waals surface area (Å²) in [5.41, 5.74) is 0. The van der Waals surface area contributed by atoms with Crippen LogP contribution in [-0.2, 0) is 0 Å². The fourth-order valence-electron chi connectivity index (χ4n) is 0. The average molecular weight is 179 g/mol. The molecule has 0 spiro atoms. The summed E-state index contributed by atoms with van der Waals surface area (Å²) in [7, 11) is 0. The van der Waals surface area contributed by atoms with Crippen LogP contribution in [0.15, 0.2) is 0 Å². The SMILES string of the molecule is [CH3][GeH][CH3].[GeH3]. The second-order valence-corrected chi connectivity index (χ2v) is 3.00. The molecule has 0 fully saturated rings. The summed E-state index contributed by atoms with van der Waals surface area (Å²) in [6, 6.07) is 0. The van der Waals surface area contributed by atoms with E-state index in [-0.39, 0.29) is 17.6 Å². The zero-order chi connectivity index (χ0) is 2.71. The van der Waals surface area contributed by atoms with E-state index in [4.69, 9.17) is 0 Å². The first-order chi connectivity index (χ1) is 1.41. The molecule has 2 radical (unpaired) electrons. The molecule has 2 heteroatoms. The van der Waals surface area contributed by atoms with Crippen molar-refractivity contribution in [3.63, 3.8) is 0 Å². The Hall–Kier alpha value is 1.09. The van der Waals surface area contributed by atoms with Gasteiger partial charge >= 0.3 is 44.5 Å². The van der Waals surface area contributed by atoms with Crippen molar-refractivity contribution in [3.05, 3.63) is 0 Å². The van der Waals surface area contributed by atoms with Crippen LogP contribution in [0, 0.1) is 0 Å². The van der Waals surface area contributed by atoms with Gasteiger partial charge in [-0.3, -0.25) is 0 Å². The molecule has 0 atom stereocenters. The van der Waals surface area contributed by atoms with Crippen molar-refractivity contribution in [1.82, 2.24) is 0 Å². The summed E-state index contributed by atoms with van der Waals surface area (Å²) in [6.07, 6.45) is 0. The van der Waals surface area contributed by atoms with Crippen molar-refractivity contribution in [2.45, 2.75) is 11.5 Å². The van der Waals surface area contributed by atoms with Crippen LogP contribution in [0.4, 0.5) is 0 Å². The van der Waals surface area contributed by atoms with Crippen molar-refractivity contribution in [3.8, 4) is 0 Å².